The van der Waals surface area contributed by atoms with E-state index in [9.17, 15) is 0 Å². The molecule has 1 fully saturated rings. The molecule has 3 heteroatoms. The molecule has 94 valence electrons. The minimum absolute atomic E-state index is 0.274. The normalized spacial score (nSPS) is 25.5. The van der Waals surface area contributed by atoms with Gasteiger partial charge in [0.15, 0.2) is 0 Å². The van der Waals surface area contributed by atoms with E-state index in [0.717, 1.165) is 18.0 Å². The maximum Gasteiger partial charge on any atom is 0.126 e. The van der Waals surface area contributed by atoms with Gasteiger partial charge in [-0.15, -0.1) is 0 Å². The lowest BCUT2D eigenvalue weighted by Crippen LogP contribution is -2.05. The van der Waals surface area contributed by atoms with E-state index in [1.54, 1.807) is 14.2 Å². The second kappa shape index (κ2) is 4.22. The SMILES string of the molecule is COc1ccc([C@@H]2[C@@H](CN)C2(C)C)c(OC)c1. The first-order chi connectivity index (χ1) is 8.06. The third-order valence-corrected chi connectivity index (χ3v) is 4.08. The molecule has 0 bridgehead atoms. The standard InChI is InChI=1S/C14H21NO2/c1-14(2)11(8-15)13(14)10-6-5-9(16-3)7-12(10)17-4/h5-7,11,13H,8,15H2,1-4H3/t11-,13-/m1/s1. The molecule has 0 aliphatic heterocycles. The number of ether oxygens (including phenoxy) is 2. The third kappa shape index (κ3) is 1.89. The van der Waals surface area contributed by atoms with Gasteiger partial charge in [0.1, 0.15) is 11.5 Å². The Kier molecular flexibility index (Phi) is 3.04. The fourth-order valence-electron chi connectivity index (χ4n) is 2.88. The highest BCUT2D eigenvalue weighted by Crippen LogP contribution is 2.65. The highest BCUT2D eigenvalue weighted by atomic mass is 16.5. The maximum absolute atomic E-state index is 5.82. The van der Waals surface area contributed by atoms with Gasteiger partial charge in [0.25, 0.3) is 0 Å². The number of nitrogens with two attached hydrogens (primary N) is 1. The fraction of sp³-hybridized carbons (Fsp3) is 0.571. The van der Waals surface area contributed by atoms with Crippen molar-refractivity contribution in [3.63, 3.8) is 0 Å². The molecule has 17 heavy (non-hydrogen) atoms. The van der Waals surface area contributed by atoms with Gasteiger partial charge in [0.2, 0.25) is 0 Å². The van der Waals surface area contributed by atoms with Crippen LogP contribution >= 0.6 is 0 Å². The van der Waals surface area contributed by atoms with E-state index >= 15 is 0 Å². The molecule has 0 amide bonds. The predicted molar refractivity (Wildman–Crippen MR) is 68.6 cm³/mol. The zero-order valence-electron chi connectivity index (χ0n) is 11.0. The molecule has 1 saturated carbocycles. The molecule has 1 aliphatic rings. The molecule has 2 N–H and O–H groups in total. The Morgan fingerprint density at radius 1 is 1.24 bits per heavy atom. The molecule has 2 atom stereocenters. The Balaban J connectivity index is 2.34. The van der Waals surface area contributed by atoms with Crippen LogP contribution in [0.5, 0.6) is 11.5 Å². The Morgan fingerprint density at radius 3 is 2.41 bits per heavy atom. The predicted octanol–water partition coefficient (Wildman–Crippen LogP) is 2.40. The lowest BCUT2D eigenvalue weighted by Gasteiger charge is -2.11. The topological polar surface area (TPSA) is 44.5 Å². The number of hydrogen-bond donors (Lipinski definition) is 1. The van der Waals surface area contributed by atoms with Crippen molar-refractivity contribution in [2.75, 3.05) is 20.8 Å². The first-order valence-electron chi connectivity index (χ1n) is 5.98. The lowest BCUT2D eigenvalue weighted by atomic mass is 10.0. The van der Waals surface area contributed by atoms with Crippen LogP contribution in [0, 0.1) is 11.3 Å². The van der Waals surface area contributed by atoms with Crippen LogP contribution < -0.4 is 15.2 Å². The second-order valence-corrected chi connectivity index (χ2v) is 5.25. The van der Waals surface area contributed by atoms with E-state index in [-0.39, 0.29) is 5.41 Å². The molecular weight excluding hydrogens is 214 g/mol. The molecule has 2 rings (SSSR count). The minimum atomic E-state index is 0.274. The molecule has 0 heterocycles. The number of methoxy groups -OCH3 is 2. The van der Waals surface area contributed by atoms with E-state index in [1.807, 2.05) is 12.1 Å². The Labute approximate surface area is 103 Å². The van der Waals surface area contributed by atoms with Crippen LogP contribution in [0.4, 0.5) is 0 Å². The molecule has 0 aromatic heterocycles. The molecule has 1 aromatic rings. The Bertz CT molecular complexity index is 415. The summed E-state index contributed by atoms with van der Waals surface area (Å²) >= 11 is 0. The van der Waals surface area contributed by atoms with E-state index in [1.165, 1.54) is 5.56 Å². The van der Waals surface area contributed by atoms with E-state index in [2.05, 4.69) is 19.9 Å². The zero-order valence-corrected chi connectivity index (χ0v) is 11.0. The van der Waals surface area contributed by atoms with Gasteiger partial charge in [-0.05, 0) is 35.4 Å². The zero-order chi connectivity index (χ0) is 12.6. The summed E-state index contributed by atoms with van der Waals surface area (Å²) in [5.74, 6) is 2.77. The third-order valence-electron chi connectivity index (χ3n) is 4.08. The Morgan fingerprint density at radius 2 is 1.94 bits per heavy atom. The van der Waals surface area contributed by atoms with E-state index in [4.69, 9.17) is 15.2 Å². The van der Waals surface area contributed by atoms with Crippen LogP contribution in [0.15, 0.2) is 18.2 Å². The second-order valence-electron chi connectivity index (χ2n) is 5.25. The summed E-state index contributed by atoms with van der Waals surface area (Å²) in [7, 11) is 3.36. The van der Waals surface area contributed by atoms with Crippen molar-refractivity contribution in [3.05, 3.63) is 23.8 Å². The van der Waals surface area contributed by atoms with Crippen LogP contribution in [0.3, 0.4) is 0 Å². The van der Waals surface area contributed by atoms with Gasteiger partial charge in [0.05, 0.1) is 14.2 Å². The molecule has 0 spiro atoms. The summed E-state index contributed by atoms with van der Waals surface area (Å²) in [5, 5.41) is 0. The molecule has 1 aromatic carbocycles. The Hall–Kier alpha value is -1.22. The van der Waals surface area contributed by atoms with Crippen molar-refractivity contribution in [2.24, 2.45) is 17.1 Å². The number of benzene rings is 1. The average Bonchev–Trinajstić information content (AvgIpc) is 2.89. The largest absolute Gasteiger partial charge is 0.497 e. The highest BCUT2D eigenvalue weighted by Gasteiger charge is 2.58. The quantitative estimate of drug-likeness (QED) is 0.871. The monoisotopic (exact) mass is 235 g/mol. The van der Waals surface area contributed by atoms with Crippen molar-refractivity contribution in [1.82, 2.24) is 0 Å². The fourth-order valence-corrected chi connectivity index (χ4v) is 2.88. The summed E-state index contributed by atoms with van der Waals surface area (Å²) in [6, 6.07) is 6.02. The van der Waals surface area contributed by atoms with E-state index < -0.39 is 0 Å². The van der Waals surface area contributed by atoms with Gasteiger partial charge in [-0.3, -0.25) is 0 Å². The summed E-state index contributed by atoms with van der Waals surface area (Å²) < 4.78 is 10.7. The molecule has 0 saturated heterocycles. The van der Waals surface area contributed by atoms with Crippen LogP contribution in [-0.4, -0.2) is 20.8 Å². The van der Waals surface area contributed by atoms with Crippen molar-refractivity contribution in [3.8, 4) is 11.5 Å². The maximum atomic E-state index is 5.82. The number of rotatable bonds is 4. The van der Waals surface area contributed by atoms with Crippen molar-refractivity contribution >= 4 is 0 Å². The van der Waals surface area contributed by atoms with Gasteiger partial charge in [0, 0.05) is 6.07 Å². The average molecular weight is 235 g/mol. The van der Waals surface area contributed by atoms with Crippen LogP contribution in [0.1, 0.15) is 25.3 Å². The van der Waals surface area contributed by atoms with Crippen LogP contribution in [0.25, 0.3) is 0 Å². The van der Waals surface area contributed by atoms with Crippen molar-refractivity contribution in [1.29, 1.82) is 0 Å². The first-order valence-corrected chi connectivity index (χ1v) is 5.98. The van der Waals surface area contributed by atoms with Crippen LogP contribution in [0.2, 0.25) is 0 Å². The smallest absolute Gasteiger partial charge is 0.126 e. The minimum Gasteiger partial charge on any atom is -0.497 e. The molecule has 3 nitrogen and oxygen atoms in total. The molecule has 1 aliphatic carbocycles. The van der Waals surface area contributed by atoms with Crippen LogP contribution in [-0.2, 0) is 0 Å². The first kappa shape index (κ1) is 12.2. The van der Waals surface area contributed by atoms with E-state index in [0.29, 0.717) is 11.8 Å². The van der Waals surface area contributed by atoms with Crippen molar-refractivity contribution < 1.29 is 9.47 Å². The molecule has 0 radical (unpaired) electrons. The van der Waals surface area contributed by atoms with Gasteiger partial charge in [-0.2, -0.15) is 0 Å². The molecule has 0 unspecified atom stereocenters. The van der Waals surface area contributed by atoms with Gasteiger partial charge in [-0.1, -0.05) is 19.9 Å². The summed E-state index contributed by atoms with van der Waals surface area (Å²) in [6.45, 7) is 5.25. The summed E-state index contributed by atoms with van der Waals surface area (Å²) in [5.41, 5.74) is 7.34. The summed E-state index contributed by atoms with van der Waals surface area (Å²) in [6.07, 6.45) is 0. The van der Waals surface area contributed by atoms with Gasteiger partial charge < -0.3 is 15.2 Å². The van der Waals surface area contributed by atoms with Crippen molar-refractivity contribution in [2.45, 2.75) is 19.8 Å². The summed E-state index contributed by atoms with van der Waals surface area (Å²) in [4.78, 5) is 0. The van der Waals surface area contributed by atoms with Gasteiger partial charge >= 0.3 is 0 Å². The lowest BCUT2D eigenvalue weighted by molar-refractivity contribution is 0.390. The highest BCUT2D eigenvalue weighted by molar-refractivity contribution is 5.47. The number of hydrogen-bond acceptors (Lipinski definition) is 3. The molecular formula is C14H21NO2. The van der Waals surface area contributed by atoms with Gasteiger partial charge in [-0.25, -0.2) is 0 Å².